The molecule has 0 radical (unpaired) electrons. The van der Waals surface area contributed by atoms with Crippen LogP contribution in [0.3, 0.4) is 0 Å². The van der Waals surface area contributed by atoms with Crippen LogP contribution in [0.25, 0.3) is 11.2 Å². The summed E-state index contributed by atoms with van der Waals surface area (Å²) in [5.74, 6) is 2.84. The minimum atomic E-state index is -0.782. The van der Waals surface area contributed by atoms with Gasteiger partial charge in [-0.05, 0) is 13.3 Å². The maximum atomic E-state index is 11.9. The molecule has 1 fully saturated rings. The number of ether oxygens (including phenoxy) is 1. The Bertz CT molecular complexity index is 857. The molecule has 0 amide bonds. The SMILES string of the molecule is C#CB(C)C.CCC[C@@H]1C(O)[C@H](n2cnc3c(=O)[nH]c(C)nc32)O[C@@H]1CO. The van der Waals surface area contributed by atoms with E-state index in [1.807, 2.05) is 20.6 Å². The molecule has 3 rings (SSSR count). The van der Waals surface area contributed by atoms with Crippen molar-refractivity contribution in [3.63, 3.8) is 0 Å². The van der Waals surface area contributed by atoms with Crippen LogP contribution in [0.1, 0.15) is 31.8 Å². The Labute approximate surface area is 159 Å². The number of nitrogens with one attached hydrogen (secondary N) is 1. The number of aromatic amines is 1. The number of hydrogen-bond donors (Lipinski definition) is 3. The molecule has 0 bridgehead atoms. The van der Waals surface area contributed by atoms with Crippen LogP contribution in [0.4, 0.5) is 0 Å². The number of nitrogens with zero attached hydrogens (tertiary/aromatic N) is 3. The highest BCUT2D eigenvalue weighted by Crippen LogP contribution is 2.37. The molecule has 1 unspecified atom stereocenters. The molecule has 1 saturated heterocycles. The number of aliphatic hydroxyl groups is 2. The van der Waals surface area contributed by atoms with Crippen LogP contribution in [0.2, 0.25) is 13.6 Å². The van der Waals surface area contributed by atoms with Gasteiger partial charge in [0.15, 0.2) is 17.4 Å². The first-order chi connectivity index (χ1) is 12.8. The maximum absolute atomic E-state index is 11.9. The predicted molar refractivity (Wildman–Crippen MR) is 105 cm³/mol. The van der Waals surface area contributed by atoms with Gasteiger partial charge in [-0.15, -0.1) is 6.42 Å². The third-order valence-corrected chi connectivity index (χ3v) is 4.48. The van der Waals surface area contributed by atoms with E-state index < -0.39 is 18.4 Å². The monoisotopic (exact) mass is 374 g/mol. The first-order valence-electron chi connectivity index (χ1n) is 9.17. The first kappa shape index (κ1) is 21.2. The fraction of sp³-hybridized carbons (Fsp3) is 0.611. The van der Waals surface area contributed by atoms with E-state index in [0.29, 0.717) is 18.2 Å². The normalized spacial score (nSPS) is 24.3. The topological polar surface area (TPSA) is 113 Å². The Morgan fingerprint density at radius 1 is 1.48 bits per heavy atom. The molecule has 3 N–H and O–H groups in total. The van der Waals surface area contributed by atoms with Crippen molar-refractivity contribution in [2.45, 2.75) is 58.8 Å². The van der Waals surface area contributed by atoms with Crippen molar-refractivity contribution >= 4 is 17.9 Å². The lowest BCUT2D eigenvalue weighted by Crippen LogP contribution is -2.28. The quantitative estimate of drug-likeness (QED) is 0.544. The van der Waals surface area contributed by atoms with E-state index in [2.05, 4.69) is 20.8 Å². The fourth-order valence-corrected chi connectivity index (χ4v) is 3.11. The third-order valence-electron chi connectivity index (χ3n) is 4.48. The molecular weight excluding hydrogens is 347 g/mol. The molecule has 0 aliphatic carbocycles. The molecule has 3 heterocycles. The van der Waals surface area contributed by atoms with Crippen molar-refractivity contribution < 1.29 is 14.9 Å². The number of imidazole rings is 1. The van der Waals surface area contributed by atoms with Crippen LogP contribution >= 0.6 is 0 Å². The number of H-pyrrole nitrogens is 1. The van der Waals surface area contributed by atoms with Crippen LogP contribution in [-0.2, 0) is 4.74 Å². The second-order valence-corrected chi connectivity index (χ2v) is 6.99. The lowest BCUT2D eigenvalue weighted by atomic mass is 9.56. The van der Waals surface area contributed by atoms with Crippen LogP contribution in [0.15, 0.2) is 11.1 Å². The Morgan fingerprint density at radius 3 is 2.70 bits per heavy atom. The minimum Gasteiger partial charge on any atom is -0.394 e. The zero-order valence-electron chi connectivity index (χ0n) is 16.2. The minimum absolute atomic E-state index is 0.152. The summed E-state index contributed by atoms with van der Waals surface area (Å²) in [6, 6.07) is 0. The van der Waals surface area contributed by atoms with E-state index in [1.165, 1.54) is 6.33 Å². The number of hydrogen-bond acceptors (Lipinski definition) is 6. The standard InChI is InChI=1S/C14H20N4O4.C4H7B/c1-3-4-8-9(5-19)22-14(11(8)20)18-6-15-10-12(18)16-7(2)17-13(10)21;1-4-5(2)3/h6,8-9,11,14,19-20H,3-5H2,1-2H3,(H,16,17,21);1H,2-3H3/t8-,9+,11?,14+;/m0./s1. The van der Waals surface area contributed by atoms with Gasteiger partial charge in [0.05, 0.1) is 19.0 Å². The molecule has 0 spiro atoms. The van der Waals surface area contributed by atoms with Crippen LogP contribution in [-0.4, -0.2) is 55.3 Å². The van der Waals surface area contributed by atoms with Crippen molar-refractivity contribution in [1.82, 2.24) is 19.5 Å². The lowest BCUT2D eigenvalue weighted by Gasteiger charge is -2.18. The van der Waals surface area contributed by atoms with Crippen molar-refractivity contribution in [2.75, 3.05) is 6.61 Å². The number of rotatable bonds is 4. The van der Waals surface area contributed by atoms with Gasteiger partial charge in [0, 0.05) is 5.92 Å². The zero-order chi connectivity index (χ0) is 20.1. The smallest absolute Gasteiger partial charge is 0.279 e. The number of terminal acetylenes is 1. The molecule has 0 saturated carbocycles. The number of aromatic nitrogens is 4. The largest absolute Gasteiger partial charge is 0.394 e. The second-order valence-electron chi connectivity index (χ2n) is 6.99. The molecule has 4 atom stereocenters. The van der Waals surface area contributed by atoms with Crippen molar-refractivity contribution in [3.05, 3.63) is 22.5 Å². The summed E-state index contributed by atoms with van der Waals surface area (Å²) in [6.07, 6.45) is 6.09. The molecule has 2 aromatic heterocycles. The average molecular weight is 374 g/mol. The zero-order valence-corrected chi connectivity index (χ0v) is 16.2. The molecule has 8 nitrogen and oxygen atoms in total. The number of aryl methyl sites for hydroxylation is 1. The fourth-order valence-electron chi connectivity index (χ4n) is 3.11. The highest BCUT2D eigenvalue weighted by molar-refractivity contribution is 6.64. The van der Waals surface area contributed by atoms with Gasteiger partial charge in [-0.3, -0.25) is 9.36 Å². The van der Waals surface area contributed by atoms with Gasteiger partial charge in [0.2, 0.25) is 6.71 Å². The van der Waals surface area contributed by atoms with Gasteiger partial charge in [0.25, 0.3) is 5.56 Å². The Morgan fingerprint density at radius 2 is 2.15 bits per heavy atom. The van der Waals surface area contributed by atoms with E-state index in [9.17, 15) is 15.0 Å². The molecule has 0 aromatic carbocycles. The van der Waals surface area contributed by atoms with Crippen LogP contribution < -0.4 is 5.56 Å². The van der Waals surface area contributed by atoms with Crippen molar-refractivity contribution in [3.8, 4) is 12.2 Å². The molecule has 2 aromatic rings. The summed E-state index contributed by atoms with van der Waals surface area (Å²) in [5.41, 5.74) is 0.262. The summed E-state index contributed by atoms with van der Waals surface area (Å²) in [5, 5.41) is 20.0. The van der Waals surface area contributed by atoms with Crippen LogP contribution in [0, 0.1) is 25.1 Å². The Hall–Kier alpha value is -2.15. The molecule has 9 heteroatoms. The number of fused-ring (bicyclic) bond motifs is 1. The van der Waals surface area contributed by atoms with E-state index in [4.69, 9.17) is 11.2 Å². The summed E-state index contributed by atoms with van der Waals surface area (Å²) in [6.45, 7) is 7.93. The highest BCUT2D eigenvalue weighted by Gasteiger charge is 2.44. The molecule has 27 heavy (non-hydrogen) atoms. The van der Waals surface area contributed by atoms with Gasteiger partial charge >= 0.3 is 0 Å². The highest BCUT2D eigenvalue weighted by atomic mass is 16.5. The van der Waals surface area contributed by atoms with Gasteiger partial charge in [-0.2, -0.15) is 5.82 Å². The summed E-state index contributed by atoms with van der Waals surface area (Å²) < 4.78 is 7.36. The van der Waals surface area contributed by atoms with Gasteiger partial charge < -0.3 is 19.9 Å². The second kappa shape index (κ2) is 9.17. The lowest BCUT2D eigenvalue weighted by molar-refractivity contribution is -0.0493. The van der Waals surface area contributed by atoms with Gasteiger partial charge in [-0.1, -0.05) is 27.0 Å². The number of aliphatic hydroxyl groups excluding tert-OH is 2. The third kappa shape index (κ3) is 4.58. The van der Waals surface area contributed by atoms with E-state index >= 15 is 0 Å². The average Bonchev–Trinajstić information content (AvgIpc) is 3.17. The first-order valence-corrected chi connectivity index (χ1v) is 9.17. The van der Waals surface area contributed by atoms with Crippen molar-refractivity contribution in [2.24, 2.45) is 5.92 Å². The Kier molecular flexibility index (Phi) is 7.19. The Balaban J connectivity index is 0.000000465. The summed E-state index contributed by atoms with van der Waals surface area (Å²) in [4.78, 5) is 22.8. The maximum Gasteiger partial charge on any atom is 0.279 e. The molecule has 1 aliphatic rings. The molecular formula is C18H27BN4O4. The van der Waals surface area contributed by atoms with Gasteiger partial charge in [0.1, 0.15) is 11.9 Å². The summed E-state index contributed by atoms with van der Waals surface area (Å²) >= 11 is 0. The van der Waals surface area contributed by atoms with Crippen molar-refractivity contribution in [1.29, 1.82) is 0 Å². The van der Waals surface area contributed by atoms with E-state index in [1.54, 1.807) is 11.5 Å². The molecule has 1 aliphatic heterocycles. The van der Waals surface area contributed by atoms with Crippen LogP contribution in [0.5, 0.6) is 0 Å². The molecule has 146 valence electrons. The van der Waals surface area contributed by atoms with E-state index in [0.717, 1.165) is 12.8 Å². The van der Waals surface area contributed by atoms with Gasteiger partial charge in [-0.25, -0.2) is 9.97 Å². The predicted octanol–water partition coefficient (Wildman–Crippen LogP) is 1.01. The summed E-state index contributed by atoms with van der Waals surface area (Å²) in [7, 11) is 0. The van der Waals surface area contributed by atoms with E-state index in [-0.39, 0.29) is 23.6 Å².